The van der Waals surface area contributed by atoms with Crippen LogP contribution in [-0.4, -0.2) is 47.0 Å². The van der Waals surface area contributed by atoms with Crippen LogP contribution in [-0.2, 0) is 4.79 Å². The molecule has 3 rings (SSSR count). The van der Waals surface area contributed by atoms with Gasteiger partial charge in [0.05, 0.1) is 5.69 Å². The number of amides is 1. The average Bonchev–Trinajstić information content (AvgIpc) is 2.61. The lowest BCUT2D eigenvalue weighted by molar-refractivity contribution is -0.131. The predicted octanol–water partition coefficient (Wildman–Crippen LogP) is 2.51. The Kier molecular flexibility index (Phi) is 4.55. The number of benzene rings is 1. The third-order valence-electron chi connectivity index (χ3n) is 4.15. The van der Waals surface area contributed by atoms with Gasteiger partial charge in [0.15, 0.2) is 0 Å². The second kappa shape index (κ2) is 6.77. The van der Waals surface area contributed by atoms with Crippen molar-refractivity contribution in [2.75, 3.05) is 31.1 Å². The lowest BCUT2D eigenvalue weighted by Gasteiger charge is -2.35. The molecular formula is C18H22N4O. The minimum Gasteiger partial charge on any atom is -0.353 e. The molecule has 0 bridgehead atoms. The molecule has 120 valence electrons. The zero-order valence-electron chi connectivity index (χ0n) is 13.7. The highest BCUT2D eigenvalue weighted by atomic mass is 16.2. The molecule has 5 nitrogen and oxygen atoms in total. The maximum atomic E-state index is 11.8. The van der Waals surface area contributed by atoms with E-state index in [2.05, 4.69) is 27.0 Å². The maximum absolute atomic E-state index is 11.8. The number of hydrogen-bond acceptors (Lipinski definition) is 4. The molecule has 1 aromatic heterocycles. The molecule has 0 saturated carbocycles. The zero-order chi connectivity index (χ0) is 16.2. The number of aryl methyl sites for hydroxylation is 1. The molecule has 1 saturated heterocycles. The molecule has 0 radical (unpaired) electrons. The van der Waals surface area contributed by atoms with Gasteiger partial charge in [0.25, 0.3) is 0 Å². The Morgan fingerprint density at radius 3 is 2.43 bits per heavy atom. The van der Waals surface area contributed by atoms with Gasteiger partial charge in [-0.15, -0.1) is 0 Å². The number of carbonyl (C=O) groups is 1. The number of rotatable bonds is 3. The van der Waals surface area contributed by atoms with E-state index >= 15 is 0 Å². The summed E-state index contributed by atoms with van der Waals surface area (Å²) in [5, 5.41) is 0. The van der Waals surface area contributed by atoms with E-state index in [0.717, 1.165) is 49.1 Å². The van der Waals surface area contributed by atoms with Gasteiger partial charge in [0.2, 0.25) is 5.91 Å². The first-order valence-electron chi connectivity index (χ1n) is 8.11. The molecule has 1 aromatic carbocycles. The van der Waals surface area contributed by atoms with E-state index in [0.29, 0.717) is 6.42 Å². The summed E-state index contributed by atoms with van der Waals surface area (Å²) in [5.41, 5.74) is 2.04. The molecule has 0 spiro atoms. The van der Waals surface area contributed by atoms with Crippen molar-refractivity contribution < 1.29 is 4.79 Å². The summed E-state index contributed by atoms with van der Waals surface area (Å²) < 4.78 is 0. The summed E-state index contributed by atoms with van der Waals surface area (Å²) in [6, 6.07) is 12.2. The summed E-state index contributed by atoms with van der Waals surface area (Å²) in [6.45, 7) is 6.99. The highest BCUT2D eigenvalue weighted by molar-refractivity contribution is 5.76. The molecule has 1 fully saturated rings. The van der Waals surface area contributed by atoms with E-state index < -0.39 is 0 Å². The van der Waals surface area contributed by atoms with Crippen LogP contribution in [0.1, 0.15) is 19.2 Å². The molecule has 1 aliphatic rings. The summed E-state index contributed by atoms with van der Waals surface area (Å²) >= 11 is 0. The third kappa shape index (κ3) is 3.50. The number of hydrogen-bond donors (Lipinski definition) is 0. The normalized spacial score (nSPS) is 14.9. The van der Waals surface area contributed by atoms with Crippen molar-refractivity contribution in [2.24, 2.45) is 0 Å². The Morgan fingerprint density at radius 1 is 1.09 bits per heavy atom. The summed E-state index contributed by atoms with van der Waals surface area (Å²) in [6.07, 6.45) is 0.574. The Labute approximate surface area is 137 Å². The fourth-order valence-electron chi connectivity index (χ4n) is 2.88. The molecule has 0 unspecified atom stereocenters. The van der Waals surface area contributed by atoms with Crippen LogP contribution in [0.3, 0.4) is 0 Å². The summed E-state index contributed by atoms with van der Waals surface area (Å²) in [4.78, 5) is 25.1. The standard InChI is InChI=1S/C18H22N4O/c1-3-18(23)22-11-9-21(10-12-22)17-13-16(19-14(2)20-17)15-7-5-4-6-8-15/h4-8,13H,3,9-12H2,1-2H3. The molecule has 0 N–H and O–H groups in total. The molecule has 5 heteroatoms. The zero-order valence-corrected chi connectivity index (χ0v) is 13.7. The fraction of sp³-hybridized carbons (Fsp3) is 0.389. The highest BCUT2D eigenvalue weighted by Gasteiger charge is 2.21. The van der Waals surface area contributed by atoms with E-state index in [1.165, 1.54) is 0 Å². The van der Waals surface area contributed by atoms with Gasteiger partial charge in [-0.25, -0.2) is 9.97 Å². The number of nitrogens with zero attached hydrogens (tertiary/aromatic N) is 4. The second-order valence-corrected chi connectivity index (χ2v) is 5.75. The molecule has 0 atom stereocenters. The van der Waals surface area contributed by atoms with Gasteiger partial charge in [0, 0.05) is 44.2 Å². The molecule has 2 aromatic rings. The largest absolute Gasteiger partial charge is 0.353 e. The Morgan fingerprint density at radius 2 is 1.78 bits per heavy atom. The Bertz CT molecular complexity index is 679. The van der Waals surface area contributed by atoms with E-state index in [9.17, 15) is 4.79 Å². The summed E-state index contributed by atoms with van der Waals surface area (Å²) in [7, 11) is 0. The Hall–Kier alpha value is -2.43. The number of piperazine rings is 1. The van der Waals surface area contributed by atoms with Crippen molar-refractivity contribution in [2.45, 2.75) is 20.3 Å². The fourth-order valence-corrected chi connectivity index (χ4v) is 2.88. The summed E-state index contributed by atoms with van der Waals surface area (Å²) in [5.74, 6) is 1.95. The second-order valence-electron chi connectivity index (χ2n) is 5.75. The van der Waals surface area contributed by atoms with Gasteiger partial charge in [0.1, 0.15) is 11.6 Å². The van der Waals surface area contributed by atoms with Crippen LogP contribution in [0.4, 0.5) is 5.82 Å². The third-order valence-corrected chi connectivity index (χ3v) is 4.15. The SMILES string of the molecule is CCC(=O)N1CCN(c2cc(-c3ccccc3)nc(C)n2)CC1. The van der Waals surface area contributed by atoms with Crippen molar-refractivity contribution in [1.82, 2.24) is 14.9 Å². The van der Waals surface area contributed by atoms with Gasteiger partial charge in [-0.05, 0) is 6.92 Å². The minimum absolute atomic E-state index is 0.230. The minimum atomic E-state index is 0.230. The maximum Gasteiger partial charge on any atom is 0.222 e. The molecule has 0 aliphatic carbocycles. The van der Waals surface area contributed by atoms with E-state index in [4.69, 9.17) is 0 Å². The first kappa shape index (κ1) is 15.5. The van der Waals surface area contributed by atoms with Crippen LogP contribution in [0, 0.1) is 6.92 Å². The van der Waals surface area contributed by atoms with Crippen molar-refractivity contribution in [3.63, 3.8) is 0 Å². The predicted molar refractivity (Wildman–Crippen MR) is 91.3 cm³/mol. The molecule has 2 heterocycles. The molecule has 1 amide bonds. The van der Waals surface area contributed by atoms with Crippen LogP contribution >= 0.6 is 0 Å². The molecule has 23 heavy (non-hydrogen) atoms. The lowest BCUT2D eigenvalue weighted by Crippen LogP contribution is -2.48. The van der Waals surface area contributed by atoms with Gasteiger partial charge in [-0.1, -0.05) is 37.3 Å². The molecular weight excluding hydrogens is 288 g/mol. The van der Waals surface area contributed by atoms with Gasteiger partial charge >= 0.3 is 0 Å². The van der Waals surface area contributed by atoms with Crippen LogP contribution in [0.5, 0.6) is 0 Å². The van der Waals surface area contributed by atoms with Crippen LogP contribution in [0.25, 0.3) is 11.3 Å². The van der Waals surface area contributed by atoms with Crippen molar-refractivity contribution in [1.29, 1.82) is 0 Å². The van der Waals surface area contributed by atoms with Crippen LogP contribution in [0.15, 0.2) is 36.4 Å². The van der Waals surface area contributed by atoms with Gasteiger partial charge < -0.3 is 9.80 Å². The van der Waals surface area contributed by atoms with E-state index in [-0.39, 0.29) is 5.91 Å². The number of carbonyl (C=O) groups excluding carboxylic acids is 1. The lowest BCUT2D eigenvalue weighted by atomic mass is 10.1. The van der Waals surface area contributed by atoms with Crippen molar-refractivity contribution in [3.8, 4) is 11.3 Å². The number of aromatic nitrogens is 2. The molecule has 1 aliphatic heterocycles. The Balaban J connectivity index is 1.79. The van der Waals surface area contributed by atoms with E-state index in [1.54, 1.807) is 0 Å². The average molecular weight is 310 g/mol. The van der Waals surface area contributed by atoms with Crippen LogP contribution in [0.2, 0.25) is 0 Å². The first-order valence-corrected chi connectivity index (χ1v) is 8.11. The van der Waals surface area contributed by atoms with Gasteiger partial charge in [-0.2, -0.15) is 0 Å². The topological polar surface area (TPSA) is 49.3 Å². The number of anilines is 1. The quantitative estimate of drug-likeness (QED) is 0.874. The van der Waals surface area contributed by atoms with Crippen molar-refractivity contribution >= 4 is 11.7 Å². The first-order chi connectivity index (χ1) is 11.2. The van der Waals surface area contributed by atoms with Crippen LogP contribution < -0.4 is 4.90 Å². The smallest absolute Gasteiger partial charge is 0.222 e. The monoisotopic (exact) mass is 310 g/mol. The van der Waals surface area contributed by atoms with E-state index in [1.807, 2.05) is 43.0 Å². The van der Waals surface area contributed by atoms with Gasteiger partial charge in [-0.3, -0.25) is 4.79 Å². The highest BCUT2D eigenvalue weighted by Crippen LogP contribution is 2.22. The van der Waals surface area contributed by atoms with Crippen molar-refractivity contribution in [3.05, 3.63) is 42.2 Å².